The minimum atomic E-state index is -0.550. The summed E-state index contributed by atoms with van der Waals surface area (Å²) in [4.78, 5) is 17.4. The number of carbonyl (C=O) groups is 1. The van der Waals surface area contributed by atoms with E-state index in [2.05, 4.69) is 9.88 Å². The number of ether oxygens (including phenoxy) is 2. The molecule has 6 heteroatoms. The molecule has 1 saturated heterocycles. The van der Waals surface area contributed by atoms with E-state index in [0.717, 1.165) is 31.6 Å². The van der Waals surface area contributed by atoms with Crippen LogP contribution in [0.4, 0.5) is 0 Å². The third-order valence-electron chi connectivity index (χ3n) is 3.37. The van der Waals surface area contributed by atoms with Gasteiger partial charge in [-0.05, 0) is 6.42 Å². The van der Waals surface area contributed by atoms with Crippen molar-refractivity contribution < 1.29 is 15.7 Å². The Bertz CT molecular complexity index is 470. The number of nitrogens with two attached hydrogens (primary N) is 1. The first-order valence-electron chi connectivity index (χ1n) is 6.22. The largest absolute Gasteiger partial charge is 0.496 e. The van der Waals surface area contributed by atoms with Crippen LogP contribution in [0, 0.1) is 0 Å². The van der Waals surface area contributed by atoms with E-state index in [4.69, 9.17) is 15.2 Å². The van der Waals surface area contributed by atoms with Crippen molar-refractivity contribution in [1.82, 2.24) is 9.88 Å². The maximum Gasteiger partial charge on any atom is 0.267 e. The monoisotopic (exact) mass is 267 g/mol. The summed E-state index contributed by atoms with van der Waals surface area (Å²) in [5.74, 6) is 0.0927. The number of aromatic nitrogens is 1. The second-order valence-corrected chi connectivity index (χ2v) is 4.63. The fourth-order valence-corrected chi connectivity index (χ4v) is 2.28. The molecule has 2 rings (SSSR count). The first kappa shape index (κ1) is 13.8. The highest BCUT2D eigenvalue weighted by atomic mass is 16.5. The van der Waals surface area contributed by atoms with Crippen molar-refractivity contribution >= 4 is 5.91 Å². The zero-order chi connectivity index (χ0) is 13.8. The van der Waals surface area contributed by atoms with Crippen molar-refractivity contribution in [2.45, 2.75) is 19.1 Å². The minimum Gasteiger partial charge on any atom is -0.496 e. The minimum absolute atomic E-state index is 0. The Balaban J connectivity index is 0.00000200. The Morgan fingerprint density at radius 3 is 3.00 bits per heavy atom. The molecule has 0 aliphatic carbocycles. The molecule has 1 atom stereocenters. The highest BCUT2D eigenvalue weighted by Gasteiger charge is 2.23. The molecular formula is C13H21N3O3. The van der Waals surface area contributed by atoms with Crippen molar-refractivity contribution in [2.75, 3.05) is 27.3 Å². The van der Waals surface area contributed by atoms with Crippen LogP contribution in [0.5, 0.6) is 5.75 Å². The lowest BCUT2D eigenvalue weighted by molar-refractivity contribution is 0.0995. The molecule has 0 spiro atoms. The summed E-state index contributed by atoms with van der Waals surface area (Å²) in [6.45, 7) is 2.62. The third-order valence-corrected chi connectivity index (χ3v) is 3.37. The van der Waals surface area contributed by atoms with Gasteiger partial charge in [0.2, 0.25) is 0 Å². The van der Waals surface area contributed by atoms with Gasteiger partial charge in [-0.1, -0.05) is 0 Å². The van der Waals surface area contributed by atoms with Gasteiger partial charge in [0, 0.05) is 46.0 Å². The molecule has 0 bridgehead atoms. The Labute approximate surface area is 114 Å². The van der Waals surface area contributed by atoms with Gasteiger partial charge in [-0.15, -0.1) is 0 Å². The molecule has 0 radical (unpaired) electrons. The Hall–Kier alpha value is -1.66. The number of hydrogen-bond acceptors (Lipinski definition) is 5. The number of likely N-dealkylation sites (tertiary alicyclic amines) is 1. The van der Waals surface area contributed by atoms with E-state index in [0.29, 0.717) is 11.9 Å². The zero-order valence-corrected chi connectivity index (χ0v) is 11.3. The first-order chi connectivity index (χ1) is 9.13. The lowest BCUT2D eigenvalue weighted by Gasteiger charge is -2.17. The van der Waals surface area contributed by atoms with Crippen molar-refractivity contribution in [3.8, 4) is 5.75 Å². The van der Waals surface area contributed by atoms with Crippen LogP contribution in [0.3, 0.4) is 0 Å². The summed E-state index contributed by atoms with van der Waals surface area (Å²) in [6, 6.07) is 1.58. The van der Waals surface area contributed by atoms with E-state index >= 15 is 0 Å². The van der Waals surface area contributed by atoms with Gasteiger partial charge in [0.1, 0.15) is 11.4 Å². The second kappa shape index (κ2) is 5.99. The Morgan fingerprint density at radius 1 is 1.63 bits per heavy atom. The molecule has 1 amide bonds. The second-order valence-electron chi connectivity index (χ2n) is 4.63. The van der Waals surface area contributed by atoms with Crippen LogP contribution < -0.4 is 10.5 Å². The van der Waals surface area contributed by atoms with E-state index in [1.165, 1.54) is 0 Å². The fourth-order valence-electron chi connectivity index (χ4n) is 2.28. The van der Waals surface area contributed by atoms with Gasteiger partial charge in [-0.25, -0.2) is 0 Å². The molecule has 0 aromatic carbocycles. The number of carbonyl (C=O) groups excluding carboxylic acids is 1. The molecule has 1 unspecified atom stereocenters. The molecule has 1 fully saturated rings. The predicted octanol–water partition coefficient (Wildman–Crippen LogP) is 0.656. The van der Waals surface area contributed by atoms with Crippen molar-refractivity contribution in [1.29, 1.82) is 0 Å². The molecule has 1 aromatic rings. The maximum atomic E-state index is 11.1. The number of amides is 1. The standard InChI is InChI=1S/C13H19N3O3.H2/c1-18-10-3-4-16(8-10)7-9-6-15-11(13(14)17)5-12(9)19-2;/h5-6,10H,3-4,7-8H2,1-2H3,(H2,14,17);1H. The van der Waals surface area contributed by atoms with E-state index in [-0.39, 0.29) is 7.12 Å². The quantitative estimate of drug-likeness (QED) is 0.847. The van der Waals surface area contributed by atoms with Gasteiger partial charge in [0.05, 0.1) is 13.2 Å². The molecule has 1 aromatic heterocycles. The number of nitrogens with zero attached hydrogens (tertiary/aromatic N) is 2. The fraction of sp³-hybridized carbons (Fsp3) is 0.538. The lowest BCUT2D eigenvalue weighted by Crippen LogP contribution is -2.23. The molecule has 0 saturated carbocycles. The predicted molar refractivity (Wildman–Crippen MR) is 72.1 cm³/mol. The Morgan fingerprint density at radius 2 is 2.42 bits per heavy atom. The van der Waals surface area contributed by atoms with Crippen LogP contribution in [0.2, 0.25) is 0 Å². The molecular weight excluding hydrogens is 246 g/mol. The zero-order valence-electron chi connectivity index (χ0n) is 11.3. The van der Waals surface area contributed by atoms with Gasteiger partial charge >= 0.3 is 0 Å². The van der Waals surface area contributed by atoms with Crippen LogP contribution in [0.25, 0.3) is 0 Å². The van der Waals surface area contributed by atoms with Crippen molar-refractivity contribution in [3.63, 3.8) is 0 Å². The molecule has 19 heavy (non-hydrogen) atoms. The average Bonchev–Trinajstić information content (AvgIpc) is 2.86. The molecule has 1 aliphatic rings. The average molecular weight is 267 g/mol. The molecule has 1 aliphatic heterocycles. The topological polar surface area (TPSA) is 77.7 Å². The maximum absolute atomic E-state index is 11.1. The van der Waals surface area contributed by atoms with Crippen molar-refractivity contribution in [3.05, 3.63) is 23.5 Å². The molecule has 2 N–H and O–H groups in total. The highest BCUT2D eigenvalue weighted by Crippen LogP contribution is 2.22. The van der Waals surface area contributed by atoms with Gasteiger partial charge in [-0.2, -0.15) is 0 Å². The molecule has 6 nitrogen and oxygen atoms in total. The van der Waals surface area contributed by atoms with E-state index in [1.807, 2.05) is 0 Å². The van der Waals surface area contributed by atoms with Crippen LogP contribution >= 0.6 is 0 Å². The number of primary amides is 1. The van der Waals surface area contributed by atoms with Gasteiger partial charge in [0.25, 0.3) is 5.91 Å². The summed E-state index contributed by atoms with van der Waals surface area (Å²) in [5, 5.41) is 0. The highest BCUT2D eigenvalue weighted by molar-refractivity contribution is 5.91. The van der Waals surface area contributed by atoms with Crippen LogP contribution in [-0.2, 0) is 11.3 Å². The number of methoxy groups -OCH3 is 2. The Kier molecular flexibility index (Phi) is 4.34. The van der Waals surface area contributed by atoms with Crippen LogP contribution in [0.15, 0.2) is 12.3 Å². The SMILES string of the molecule is COc1cc(C(N)=O)ncc1CN1CCC(OC)C1.[HH]. The number of pyridine rings is 1. The van der Waals surface area contributed by atoms with Gasteiger partial charge in [0.15, 0.2) is 0 Å². The molecule has 2 heterocycles. The van der Waals surface area contributed by atoms with Gasteiger partial charge < -0.3 is 15.2 Å². The summed E-state index contributed by atoms with van der Waals surface area (Å²) in [7, 11) is 3.31. The first-order valence-corrected chi connectivity index (χ1v) is 6.22. The normalized spacial score (nSPS) is 19.6. The number of hydrogen-bond donors (Lipinski definition) is 1. The van der Waals surface area contributed by atoms with Crippen LogP contribution in [-0.4, -0.2) is 49.2 Å². The summed E-state index contributed by atoms with van der Waals surface area (Å²) >= 11 is 0. The lowest BCUT2D eigenvalue weighted by atomic mass is 10.2. The summed E-state index contributed by atoms with van der Waals surface area (Å²) in [6.07, 6.45) is 2.98. The van der Waals surface area contributed by atoms with E-state index in [1.54, 1.807) is 26.5 Å². The number of rotatable bonds is 5. The van der Waals surface area contributed by atoms with Crippen LogP contribution in [0.1, 0.15) is 23.9 Å². The van der Waals surface area contributed by atoms with E-state index in [9.17, 15) is 4.79 Å². The smallest absolute Gasteiger partial charge is 0.267 e. The summed E-state index contributed by atoms with van der Waals surface area (Å²) in [5.41, 5.74) is 6.37. The van der Waals surface area contributed by atoms with Crippen molar-refractivity contribution in [2.24, 2.45) is 5.73 Å². The third kappa shape index (κ3) is 3.21. The summed E-state index contributed by atoms with van der Waals surface area (Å²) < 4.78 is 10.6. The molecule has 106 valence electrons. The van der Waals surface area contributed by atoms with E-state index < -0.39 is 5.91 Å². The van der Waals surface area contributed by atoms with Gasteiger partial charge in [-0.3, -0.25) is 14.7 Å².